The molecule has 0 aliphatic heterocycles. The number of rotatable bonds is 3. The van der Waals surface area contributed by atoms with Crippen molar-refractivity contribution in [2.75, 3.05) is 0 Å². The Bertz CT molecular complexity index is 285. The van der Waals surface area contributed by atoms with Crippen LogP contribution < -0.4 is 0 Å². The van der Waals surface area contributed by atoms with Gasteiger partial charge in [0.2, 0.25) is 0 Å². The second-order valence-electron chi connectivity index (χ2n) is 2.88. The van der Waals surface area contributed by atoms with E-state index in [1.165, 1.54) is 18.3 Å². The van der Waals surface area contributed by atoms with Crippen molar-refractivity contribution < 1.29 is 12.9 Å². The van der Waals surface area contributed by atoms with Crippen LogP contribution in [0.2, 0.25) is 0 Å². The molecule has 1 rings (SSSR count). The Morgan fingerprint density at radius 3 is 2.62 bits per heavy atom. The van der Waals surface area contributed by atoms with Gasteiger partial charge in [0.25, 0.3) is 0 Å². The van der Waals surface area contributed by atoms with Gasteiger partial charge in [-0.2, -0.15) is 0 Å². The van der Waals surface area contributed by atoms with Gasteiger partial charge in [0.1, 0.15) is 0 Å². The van der Waals surface area contributed by atoms with Crippen LogP contribution in [0.15, 0.2) is 18.3 Å². The van der Waals surface area contributed by atoms with Crippen molar-refractivity contribution in [1.29, 1.82) is 0 Å². The minimum atomic E-state index is -4.75. The maximum absolute atomic E-state index is 12.1. The van der Waals surface area contributed by atoms with Crippen LogP contribution in [0.3, 0.4) is 0 Å². The van der Waals surface area contributed by atoms with E-state index in [9.17, 15) is 12.9 Å². The van der Waals surface area contributed by atoms with Gasteiger partial charge >= 0.3 is 6.98 Å². The average Bonchev–Trinajstić information content (AvgIpc) is 2.02. The molecule has 0 radical (unpaired) electrons. The molecule has 0 amide bonds. The molecule has 0 saturated carbocycles. The molecule has 1 nitrogen and oxygen atoms in total. The van der Waals surface area contributed by atoms with E-state index >= 15 is 0 Å². The molecular formula is C8H10BF3N-. The molecule has 0 aliphatic rings. The van der Waals surface area contributed by atoms with E-state index in [4.69, 9.17) is 0 Å². The number of hydrogen-bond donors (Lipinski definition) is 0. The minimum absolute atomic E-state index is 0.303. The summed E-state index contributed by atoms with van der Waals surface area (Å²) in [5.41, 5.74) is 0.846. The van der Waals surface area contributed by atoms with E-state index in [0.29, 0.717) is 17.7 Å². The van der Waals surface area contributed by atoms with E-state index in [2.05, 4.69) is 4.98 Å². The first kappa shape index (κ1) is 10.1. The van der Waals surface area contributed by atoms with Crippen molar-refractivity contribution >= 4 is 6.98 Å². The topological polar surface area (TPSA) is 12.9 Å². The fourth-order valence-electron chi connectivity index (χ4n) is 1.22. The highest BCUT2D eigenvalue weighted by atomic mass is 19.4. The molecule has 5 heteroatoms. The molecule has 1 aromatic heterocycles. The van der Waals surface area contributed by atoms with Gasteiger partial charge in [-0.05, 0) is 12.5 Å². The summed E-state index contributed by atoms with van der Waals surface area (Å²) in [4.78, 5) is 3.89. The molecular weight excluding hydrogens is 178 g/mol. The molecule has 0 fully saturated rings. The van der Waals surface area contributed by atoms with Crippen molar-refractivity contribution in [1.82, 2.24) is 4.98 Å². The van der Waals surface area contributed by atoms with Crippen molar-refractivity contribution in [3.63, 3.8) is 0 Å². The van der Waals surface area contributed by atoms with Crippen LogP contribution in [0.5, 0.6) is 0 Å². The summed E-state index contributed by atoms with van der Waals surface area (Å²) in [7, 11) is 0. The van der Waals surface area contributed by atoms with Crippen LogP contribution in [0, 0.1) is 0 Å². The number of halogens is 3. The largest absolute Gasteiger partial charge is 0.482 e. The standard InChI is InChI=1S/C8H10BF3N/c1-2-8-7(4-3-5-13-8)6-9(10,11)12/h3-5H,2,6H2,1H3/q-1. The smallest absolute Gasteiger partial charge is 0.449 e. The Morgan fingerprint density at radius 2 is 2.08 bits per heavy atom. The molecule has 0 atom stereocenters. The summed E-state index contributed by atoms with van der Waals surface area (Å²) in [5.74, 6) is 0. The van der Waals surface area contributed by atoms with Crippen LogP contribution >= 0.6 is 0 Å². The zero-order valence-corrected chi connectivity index (χ0v) is 7.30. The maximum Gasteiger partial charge on any atom is 0.482 e. The van der Waals surface area contributed by atoms with Crippen molar-refractivity contribution in [3.05, 3.63) is 29.6 Å². The summed E-state index contributed by atoms with van der Waals surface area (Å²) < 4.78 is 36.3. The van der Waals surface area contributed by atoms with Gasteiger partial charge in [-0.15, -0.1) is 0 Å². The molecule has 0 spiro atoms. The summed E-state index contributed by atoms with van der Waals surface area (Å²) in [6, 6.07) is 3.03. The number of pyridine rings is 1. The maximum atomic E-state index is 12.1. The molecule has 13 heavy (non-hydrogen) atoms. The zero-order valence-electron chi connectivity index (χ0n) is 7.30. The predicted molar refractivity (Wildman–Crippen MR) is 46.4 cm³/mol. The Morgan fingerprint density at radius 1 is 1.38 bits per heavy atom. The first-order valence-corrected chi connectivity index (χ1v) is 4.16. The van der Waals surface area contributed by atoms with Crippen LogP contribution in [0.25, 0.3) is 0 Å². The highest BCUT2D eigenvalue weighted by Crippen LogP contribution is 2.18. The fourth-order valence-corrected chi connectivity index (χ4v) is 1.22. The lowest BCUT2D eigenvalue weighted by Gasteiger charge is -2.15. The molecule has 0 N–H and O–H groups in total. The van der Waals surface area contributed by atoms with Crippen LogP contribution in [0.4, 0.5) is 12.9 Å². The highest BCUT2D eigenvalue weighted by molar-refractivity contribution is 6.57. The first-order valence-electron chi connectivity index (χ1n) is 4.16. The van der Waals surface area contributed by atoms with Gasteiger partial charge in [-0.3, -0.25) is 4.98 Å². The highest BCUT2D eigenvalue weighted by Gasteiger charge is 2.24. The second-order valence-corrected chi connectivity index (χ2v) is 2.88. The minimum Gasteiger partial charge on any atom is -0.449 e. The average molecular weight is 188 g/mol. The Kier molecular flexibility index (Phi) is 2.96. The third-order valence-corrected chi connectivity index (χ3v) is 1.77. The lowest BCUT2D eigenvalue weighted by molar-refractivity contribution is 0.468. The van der Waals surface area contributed by atoms with Crippen LogP contribution in [0.1, 0.15) is 18.2 Å². The Labute approximate surface area is 75.0 Å². The SMILES string of the molecule is CCc1ncccc1C[B-](F)(F)F. The summed E-state index contributed by atoms with van der Waals surface area (Å²) >= 11 is 0. The molecule has 0 aliphatic carbocycles. The van der Waals surface area contributed by atoms with E-state index in [1.54, 1.807) is 6.92 Å². The normalized spacial score (nSPS) is 11.7. The van der Waals surface area contributed by atoms with Crippen molar-refractivity contribution in [2.24, 2.45) is 0 Å². The molecule has 0 bridgehead atoms. The molecule has 1 aromatic rings. The van der Waals surface area contributed by atoms with E-state index in [-0.39, 0.29) is 0 Å². The zero-order chi connectivity index (χ0) is 9.90. The third-order valence-electron chi connectivity index (χ3n) is 1.77. The molecule has 1 heterocycles. The number of aromatic nitrogens is 1. The summed E-state index contributed by atoms with van der Waals surface area (Å²) in [6.07, 6.45) is 1.24. The number of hydrogen-bond acceptors (Lipinski definition) is 1. The van der Waals surface area contributed by atoms with Gasteiger partial charge in [0, 0.05) is 11.9 Å². The number of nitrogens with zero attached hydrogens (tertiary/aromatic N) is 1. The molecule has 0 saturated heterocycles. The Hall–Kier alpha value is -0.995. The van der Waals surface area contributed by atoms with Crippen molar-refractivity contribution in [2.45, 2.75) is 19.7 Å². The predicted octanol–water partition coefficient (Wildman–Crippen LogP) is 2.57. The lowest BCUT2D eigenvalue weighted by atomic mass is 9.81. The quantitative estimate of drug-likeness (QED) is 0.664. The van der Waals surface area contributed by atoms with Crippen LogP contribution in [-0.2, 0) is 12.7 Å². The summed E-state index contributed by atoms with van der Waals surface area (Å²) in [5, 5.41) is 0. The van der Waals surface area contributed by atoms with E-state index < -0.39 is 13.3 Å². The van der Waals surface area contributed by atoms with E-state index in [0.717, 1.165) is 0 Å². The van der Waals surface area contributed by atoms with Gasteiger partial charge in [-0.25, -0.2) is 0 Å². The van der Waals surface area contributed by atoms with Gasteiger partial charge < -0.3 is 12.9 Å². The second kappa shape index (κ2) is 3.81. The van der Waals surface area contributed by atoms with Gasteiger partial charge in [-0.1, -0.05) is 24.9 Å². The number of aryl methyl sites for hydroxylation is 1. The van der Waals surface area contributed by atoms with Crippen LogP contribution in [-0.4, -0.2) is 12.0 Å². The first-order chi connectivity index (χ1) is 6.03. The molecule has 72 valence electrons. The van der Waals surface area contributed by atoms with Gasteiger partial charge in [0.15, 0.2) is 0 Å². The van der Waals surface area contributed by atoms with E-state index in [1.807, 2.05) is 0 Å². The third kappa shape index (κ3) is 3.09. The monoisotopic (exact) mass is 188 g/mol. The lowest BCUT2D eigenvalue weighted by Crippen LogP contribution is -2.20. The molecule has 0 aromatic carbocycles. The van der Waals surface area contributed by atoms with Crippen molar-refractivity contribution in [3.8, 4) is 0 Å². The van der Waals surface area contributed by atoms with Gasteiger partial charge in [0.05, 0.1) is 0 Å². The summed E-state index contributed by atoms with van der Waals surface area (Å²) in [6.45, 7) is -2.95. The molecule has 0 unspecified atom stereocenters. The Balaban J connectivity index is 2.87. The fraction of sp³-hybridized carbons (Fsp3) is 0.375.